The van der Waals surface area contributed by atoms with Crippen molar-refractivity contribution in [1.82, 2.24) is 20.1 Å². The van der Waals surface area contributed by atoms with Crippen molar-refractivity contribution in [2.75, 3.05) is 12.8 Å². The van der Waals surface area contributed by atoms with Gasteiger partial charge >= 0.3 is 0 Å². The molecular formula is C25H24N4O2S. The topological polar surface area (TPSA) is 72.1 Å². The van der Waals surface area contributed by atoms with E-state index in [2.05, 4.69) is 29.3 Å². The number of furan rings is 1. The SMILES string of the molecule is Cc1ccc(-c2nnc(SCC(=O)N(C)Cc3ccco3)nc2-c2ccc(C)cc2)cc1. The van der Waals surface area contributed by atoms with Crippen molar-refractivity contribution in [3.63, 3.8) is 0 Å². The minimum absolute atomic E-state index is 0.0329. The zero-order valence-corrected chi connectivity index (χ0v) is 19.1. The van der Waals surface area contributed by atoms with Crippen LogP contribution in [0.5, 0.6) is 0 Å². The van der Waals surface area contributed by atoms with Gasteiger partial charge in [-0.1, -0.05) is 71.4 Å². The van der Waals surface area contributed by atoms with Gasteiger partial charge in [0.15, 0.2) is 0 Å². The molecule has 2 aromatic heterocycles. The van der Waals surface area contributed by atoms with Crippen LogP contribution in [-0.2, 0) is 11.3 Å². The zero-order valence-electron chi connectivity index (χ0n) is 18.3. The van der Waals surface area contributed by atoms with Crippen LogP contribution in [0.3, 0.4) is 0 Å². The van der Waals surface area contributed by atoms with Crippen LogP contribution in [0.2, 0.25) is 0 Å². The molecule has 0 atom stereocenters. The van der Waals surface area contributed by atoms with Crippen molar-refractivity contribution < 1.29 is 9.21 Å². The van der Waals surface area contributed by atoms with Gasteiger partial charge in [-0.05, 0) is 26.0 Å². The molecule has 2 heterocycles. The average Bonchev–Trinajstić information content (AvgIpc) is 3.31. The Morgan fingerprint density at radius 3 is 2.12 bits per heavy atom. The van der Waals surface area contributed by atoms with Gasteiger partial charge in [0.1, 0.15) is 17.1 Å². The number of carbonyl (C=O) groups excluding carboxylic acids is 1. The number of aromatic nitrogens is 3. The van der Waals surface area contributed by atoms with Crippen LogP contribution in [0.25, 0.3) is 22.5 Å². The normalized spacial score (nSPS) is 10.8. The first kappa shape index (κ1) is 21.8. The molecule has 32 heavy (non-hydrogen) atoms. The third-order valence-corrected chi connectivity index (χ3v) is 5.86. The molecule has 4 rings (SSSR count). The van der Waals surface area contributed by atoms with E-state index in [1.165, 1.54) is 22.9 Å². The molecule has 162 valence electrons. The summed E-state index contributed by atoms with van der Waals surface area (Å²) >= 11 is 1.28. The molecule has 0 aliphatic carbocycles. The summed E-state index contributed by atoms with van der Waals surface area (Å²) in [5, 5.41) is 9.26. The van der Waals surface area contributed by atoms with E-state index in [1.807, 2.05) is 55.5 Å². The molecule has 2 aromatic carbocycles. The van der Waals surface area contributed by atoms with Crippen molar-refractivity contribution in [2.45, 2.75) is 25.5 Å². The highest BCUT2D eigenvalue weighted by atomic mass is 32.2. The number of hydrogen-bond donors (Lipinski definition) is 0. The third-order valence-electron chi connectivity index (χ3n) is 5.04. The smallest absolute Gasteiger partial charge is 0.233 e. The molecule has 0 aliphatic heterocycles. The predicted octanol–water partition coefficient (Wildman–Crippen LogP) is 5.17. The standard InChI is InChI=1S/C25H24N4O2S/c1-17-6-10-19(11-7-17)23-24(20-12-8-18(2)9-13-20)27-28-25(26-23)32-16-22(30)29(3)15-21-5-4-14-31-21/h4-14H,15-16H2,1-3H3. The molecule has 0 radical (unpaired) electrons. The Morgan fingerprint density at radius 1 is 0.906 bits per heavy atom. The summed E-state index contributed by atoms with van der Waals surface area (Å²) in [5.41, 5.74) is 5.74. The van der Waals surface area contributed by atoms with E-state index in [1.54, 1.807) is 18.2 Å². The Balaban J connectivity index is 1.56. The number of nitrogens with zero attached hydrogens (tertiary/aromatic N) is 4. The molecule has 0 aliphatic rings. The Kier molecular flexibility index (Phi) is 6.66. The predicted molar refractivity (Wildman–Crippen MR) is 126 cm³/mol. The van der Waals surface area contributed by atoms with Crippen LogP contribution in [-0.4, -0.2) is 38.8 Å². The van der Waals surface area contributed by atoms with Gasteiger partial charge in [0.25, 0.3) is 0 Å². The van der Waals surface area contributed by atoms with Gasteiger partial charge < -0.3 is 9.32 Å². The van der Waals surface area contributed by atoms with Gasteiger partial charge in [-0.3, -0.25) is 4.79 Å². The molecule has 7 heteroatoms. The molecule has 0 N–H and O–H groups in total. The van der Waals surface area contributed by atoms with Gasteiger partial charge in [0.05, 0.1) is 18.6 Å². The second kappa shape index (κ2) is 9.78. The van der Waals surface area contributed by atoms with Gasteiger partial charge in [0.2, 0.25) is 11.1 Å². The van der Waals surface area contributed by atoms with E-state index in [0.717, 1.165) is 28.3 Å². The van der Waals surface area contributed by atoms with E-state index >= 15 is 0 Å². The molecule has 1 amide bonds. The Bertz CT molecular complexity index is 1190. The van der Waals surface area contributed by atoms with Crippen molar-refractivity contribution >= 4 is 17.7 Å². The van der Waals surface area contributed by atoms with Crippen LogP contribution in [0.15, 0.2) is 76.5 Å². The fourth-order valence-electron chi connectivity index (χ4n) is 3.15. The summed E-state index contributed by atoms with van der Waals surface area (Å²) in [6, 6.07) is 20.0. The van der Waals surface area contributed by atoms with Crippen LogP contribution < -0.4 is 0 Å². The van der Waals surface area contributed by atoms with Crippen molar-refractivity contribution in [2.24, 2.45) is 0 Å². The largest absolute Gasteiger partial charge is 0.467 e. The Hall–Kier alpha value is -3.45. The summed E-state index contributed by atoms with van der Waals surface area (Å²) in [5.74, 6) is 0.929. The van der Waals surface area contributed by atoms with Crippen molar-refractivity contribution in [3.8, 4) is 22.5 Å². The van der Waals surface area contributed by atoms with E-state index in [0.29, 0.717) is 11.7 Å². The fraction of sp³-hybridized carbons (Fsp3) is 0.200. The highest BCUT2D eigenvalue weighted by Crippen LogP contribution is 2.30. The number of thioether (sulfide) groups is 1. The second-order valence-corrected chi connectivity index (χ2v) is 8.58. The maximum atomic E-state index is 12.5. The van der Waals surface area contributed by atoms with Gasteiger partial charge in [-0.25, -0.2) is 4.98 Å². The van der Waals surface area contributed by atoms with Crippen LogP contribution in [0.4, 0.5) is 0 Å². The molecule has 0 bridgehead atoms. The number of amides is 1. The number of rotatable bonds is 7. The summed E-state index contributed by atoms with van der Waals surface area (Å²) < 4.78 is 5.32. The Labute approximate surface area is 191 Å². The number of hydrogen-bond acceptors (Lipinski definition) is 6. The number of carbonyl (C=O) groups is 1. The lowest BCUT2D eigenvalue weighted by atomic mass is 10.0. The zero-order chi connectivity index (χ0) is 22.5. The summed E-state index contributed by atoms with van der Waals surface area (Å²) in [7, 11) is 1.75. The van der Waals surface area contributed by atoms with Crippen LogP contribution in [0.1, 0.15) is 16.9 Å². The highest BCUT2D eigenvalue weighted by Gasteiger charge is 2.16. The maximum Gasteiger partial charge on any atom is 0.233 e. The summed E-state index contributed by atoms with van der Waals surface area (Å²) in [6.07, 6.45) is 1.60. The molecule has 0 spiro atoms. The molecule has 0 saturated heterocycles. The quantitative estimate of drug-likeness (QED) is 0.366. The van der Waals surface area contributed by atoms with E-state index in [9.17, 15) is 4.79 Å². The molecule has 0 saturated carbocycles. The summed E-state index contributed by atoms with van der Waals surface area (Å²) in [4.78, 5) is 18.9. The molecule has 0 unspecified atom stereocenters. The Morgan fingerprint density at radius 2 is 1.53 bits per heavy atom. The second-order valence-electron chi connectivity index (χ2n) is 7.64. The van der Waals surface area contributed by atoms with Gasteiger partial charge in [-0.15, -0.1) is 10.2 Å². The molecule has 6 nitrogen and oxygen atoms in total. The maximum absolute atomic E-state index is 12.5. The van der Waals surface area contributed by atoms with Gasteiger partial charge in [0, 0.05) is 18.2 Å². The van der Waals surface area contributed by atoms with E-state index < -0.39 is 0 Å². The van der Waals surface area contributed by atoms with Crippen molar-refractivity contribution in [3.05, 3.63) is 83.8 Å². The first-order valence-electron chi connectivity index (χ1n) is 10.3. The first-order valence-corrected chi connectivity index (χ1v) is 11.3. The number of benzene rings is 2. The van der Waals surface area contributed by atoms with E-state index in [-0.39, 0.29) is 11.7 Å². The highest BCUT2D eigenvalue weighted by molar-refractivity contribution is 7.99. The lowest BCUT2D eigenvalue weighted by Gasteiger charge is -2.15. The van der Waals surface area contributed by atoms with Gasteiger partial charge in [-0.2, -0.15) is 0 Å². The minimum Gasteiger partial charge on any atom is -0.467 e. The fourth-order valence-corrected chi connectivity index (χ4v) is 3.88. The monoisotopic (exact) mass is 444 g/mol. The first-order chi connectivity index (χ1) is 15.5. The summed E-state index contributed by atoms with van der Waals surface area (Å²) in [6.45, 7) is 4.52. The molecule has 0 fully saturated rings. The lowest BCUT2D eigenvalue weighted by Crippen LogP contribution is -2.27. The average molecular weight is 445 g/mol. The van der Waals surface area contributed by atoms with Crippen LogP contribution >= 0.6 is 11.8 Å². The van der Waals surface area contributed by atoms with E-state index in [4.69, 9.17) is 9.40 Å². The van der Waals surface area contributed by atoms with Crippen LogP contribution in [0, 0.1) is 13.8 Å². The molecular weight excluding hydrogens is 420 g/mol. The molecule has 4 aromatic rings. The number of aryl methyl sites for hydroxylation is 2. The lowest BCUT2D eigenvalue weighted by molar-refractivity contribution is -0.127. The minimum atomic E-state index is -0.0329. The third kappa shape index (κ3) is 5.23. The van der Waals surface area contributed by atoms with Crippen molar-refractivity contribution in [1.29, 1.82) is 0 Å².